The van der Waals surface area contributed by atoms with Gasteiger partial charge in [-0.05, 0) is 13.0 Å². The fourth-order valence-electron chi connectivity index (χ4n) is 1.94. The summed E-state index contributed by atoms with van der Waals surface area (Å²) in [4.78, 5) is 4.24. The Labute approximate surface area is 112 Å². The van der Waals surface area contributed by atoms with Crippen LogP contribution in [0.4, 0.5) is 10.3 Å². The van der Waals surface area contributed by atoms with Gasteiger partial charge in [0.25, 0.3) is 0 Å². The van der Waals surface area contributed by atoms with Gasteiger partial charge in [0, 0.05) is 31.6 Å². The molecule has 0 saturated heterocycles. The SMILES string of the molecule is COCC(C)n1ccnc1NCc1ccccc1F. The van der Waals surface area contributed by atoms with Crippen molar-refractivity contribution < 1.29 is 9.13 Å². The van der Waals surface area contributed by atoms with E-state index in [1.807, 2.05) is 23.8 Å². The van der Waals surface area contributed by atoms with Gasteiger partial charge in [-0.15, -0.1) is 0 Å². The molecule has 1 N–H and O–H groups in total. The molecule has 0 radical (unpaired) electrons. The second-order valence-electron chi connectivity index (χ2n) is 4.41. The first-order valence-corrected chi connectivity index (χ1v) is 6.21. The van der Waals surface area contributed by atoms with Crippen LogP contribution >= 0.6 is 0 Å². The molecular formula is C14H18FN3O. The average Bonchev–Trinajstić information content (AvgIpc) is 2.86. The fourth-order valence-corrected chi connectivity index (χ4v) is 1.94. The Hall–Kier alpha value is -1.88. The van der Waals surface area contributed by atoms with Crippen molar-refractivity contribution in [3.05, 3.63) is 48.0 Å². The summed E-state index contributed by atoms with van der Waals surface area (Å²) in [5, 5.41) is 3.15. The maximum absolute atomic E-state index is 13.5. The maximum atomic E-state index is 13.5. The Balaban J connectivity index is 2.04. The van der Waals surface area contributed by atoms with Gasteiger partial charge in [-0.25, -0.2) is 9.37 Å². The molecule has 1 atom stereocenters. The molecule has 4 nitrogen and oxygen atoms in total. The van der Waals surface area contributed by atoms with E-state index in [1.165, 1.54) is 6.07 Å². The number of hydrogen-bond donors (Lipinski definition) is 1. The predicted molar refractivity (Wildman–Crippen MR) is 72.5 cm³/mol. The molecule has 19 heavy (non-hydrogen) atoms. The standard InChI is InChI=1S/C14H18FN3O/c1-11(10-19-2)18-8-7-16-14(18)17-9-12-5-3-4-6-13(12)15/h3-8,11H,9-10H2,1-2H3,(H,16,17). The van der Waals surface area contributed by atoms with Crippen molar-refractivity contribution in [3.8, 4) is 0 Å². The molecule has 1 unspecified atom stereocenters. The van der Waals surface area contributed by atoms with E-state index in [4.69, 9.17) is 4.74 Å². The number of nitrogens with zero attached hydrogens (tertiary/aromatic N) is 2. The van der Waals surface area contributed by atoms with E-state index in [9.17, 15) is 4.39 Å². The lowest BCUT2D eigenvalue weighted by molar-refractivity contribution is 0.163. The summed E-state index contributed by atoms with van der Waals surface area (Å²) in [6.45, 7) is 3.05. The zero-order chi connectivity index (χ0) is 13.7. The van der Waals surface area contributed by atoms with Gasteiger partial charge in [-0.1, -0.05) is 18.2 Å². The molecular weight excluding hydrogens is 245 g/mol. The maximum Gasteiger partial charge on any atom is 0.203 e. The number of anilines is 1. The van der Waals surface area contributed by atoms with Gasteiger partial charge in [0.15, 0.2) is 0 Å². The minimum absolute atomic E-state index is 0.177. The number of ether oxygens (including phenoxy) is 1. The first-order valence-electron chi connectivity index (χ1n) is 6.21. The fraction of sp³-hybridized carbons (Fsp3) is 0.357. The molecule has 0 fully saturated rings. The second kappa shape index (κ2) is 6.33. The molecule has 5 heteroatoms. The lowest BCUT2D eigenvalue weighted by Crippen LogP contribution is -2.14. The summed E-state index contributed by atoms with van der Waals surface area (Å²) in [6.07, 6.45) is 3.60. The van der Waals surface area contributed by atoms with E-state index >= 15 is 0 Å². The number of halogens is 1. The zero-order valence-electron chi connectivity index (χ0n) is 11.1. The van der Waals surface area contributed by atoms with Crippen molar-refractivity contribution in [1.82, 2.24) is 9.55 Å². The molecule has 1 aromatic carbocycles. The first-order chi connectivity index (χ1) is 9.22. The third-order valence-corrected chi connectivity index (χ3v) is 2.95. The molecule has 0 amide bonds. The Kier molecular flexibility index (Phi) is 4.52. The van der Waals surface area contributed by atoms with Crippen LogP contribution in [0.2, 0.25) is 0 Å². The van der Waals surface area contributed by atoms with E-state index < -0.39 is 0 Å². The number of benzene rings is 1. The number of hydrogen-bond acceptors (Lipinski definition) is 3. The van der Waals surface area contributed by atoms with Crippen LogP contribution in [-0.2, 0) is 11.3 Å². The number of aromatic nitrogens is 2. The summed E-state index contributed by atoms with van der Waals surface area (Å²) in [6, 6.07) is 6.89. The highest BCUT2D eigenvalue weighted by atomic mass is 19.1. The molecule has 1 aromatic heterocycles. The van der Waals surface area contributed by atoms with E-state index in [1.54, 1.807) is 25.4 Å². The summed E-state index contributed by atoms with van der Waals surface area (Å²) >= 11 is 0. The number of nitrogens with one attached hydrogen (secondary N) is 1. The van der Waals surface area contributed by atoms with Crippen LogP contribution < -0.4 is 5.32 Å². The van der Waals surface area contributed by atoms with Crippen molar-refractivity contribution in [2.24, 2.45) is 0 Å². The highest BCUT2D eigenvalue weighted by Gasteiger charge is 2.10. The van der Waals surface area contributed by atoms with Crippen molar-refractivity contribution >= 4 is 5.95 Å². The van der Waals surface area contributed by atoms with Gasteiger partial charge in [0.05, 0.1) is 12.6 Å². The van der Waals surface area contributed by atoms with E-state index in [-0.39, 0.29) is 11.9 Å². The van der Waals surface area contributed by atoms with Crippen molar-refractivity contribution in [2.75, 3.05) is 19.0 Å². The summed E-state index contributed by atoms with van der Waals surface area (Å²) in [7, 11) is 1.67. The van der Waals surface area contributed by atoms with Gasteiger partial charge in [-0.3, -0.25) is 0 Å². The molecule has 0 aliphatic heterocycles. The van der Waals surface area contributed by atoms with Crippen molar-refractivity contribution in [2.45, 2.75) is 19.5 Å². The molecule has 2 aromatic rings. The summed E-state index contributed by atoms with van der Waals surface area (Å²) in [5.74, 6) is 0.505. The van der Waals surface area contributed by atoms with Gasteiger partial charge >= 0.3 is 0 Å². The number of rotatable bonds is 6. The van der Waals surface area contributed by atoms with Crippen LogP contribution in [0.1, 0.15) is 18.5 Å². The summed E-state index contributed by atoms with van der Waals surface area (Å²) < 4.78 is 20.6. The van der Waals surface area contributed by atoms with Crippen molar-refractivity contribution in [3.63, 3.8) is 0 Å². The predicted octanol–water partition coefficient (Wildman–Crippen LogP) is 2.84. The molecule has 0 aliphatic rings. The van der Waals surface area contributed by atoms with Crippen molar-refractivity contribution in [1.29, 1.82) is 0 Å². The minimum atomic E-state index is -0.210. The van der Waals surface area contributed by atoms with Gasteiger partial charge in [-0.2, -0.15) is 0 Å². The lowest BCUT2D eigenvalue weighted by Gasteiger charge is -2.16. The number of methoxy groups -OCH3 is 1. The molecule has 0 bridgehead atoms. The largest absolute Gasteiger partial charge is 0.383 e. The van der Waals surface area contributed by atoms with Gasteiger partial charge in [0.1, 0.15) is 5.82 Å². The molecule has 0 aliphatic carbocycles. The Morgan fingerprint density at radius 1 is 1.42 bits per heavy atom. The highest BCUT2D eigenvalue weighted by molar-refractivity contribution is 5.30. The quantitative estimate of drug-likeness (QED) is 0.871. The second-order valence-corrected chi connectivity index (χ2v) is 4.41. The van der Waals surface area contributed by atoms with E-state index in [2.05, 4.69) is 10.3 Å². The third-order valence-electron chi connectivity index (χ3n) is 2.95. The Morgan fingerprint density at radius 3 is 2.95 bits per heavy atom. The lowest BCUT2D eigenvalue weighted by atomic mass is 10.2. The first kappa shape index (κ1) is 13.5. The Morgan fingerprint density at radius 2 is 2.21 bits per heavy atom. The topological polar surface area (TPSA) is 39.1 Å². The zero-order valence-corrected chi connectivity index (χ0v) is 11.1. The van der Waals surface area contributed by atoms with Crippen LogP contribution in [0.3, 0.4) is 0 Å². The third kappa shape index (κ3) is 3.32. The van der Waals surface area contributed by atoms with Gasteiger partial charge < -0.3 is 14.6 Å². The molecule has 2 rings (SSSR count). The van der Waals surface area contributed by atoms with Crippen LogP contribution in [0.5, 0.6) is 0 Å². The van der Waals surface area contributed by atoms with E-state index in [0.717, 1.165) is 0 Å². The van der Waals surface area contributed by atoms with Crippen LogP contribution in [0, 0.1) is 5.82 Å². The average molecular weight is 263 g/mol. The normalized spacial score (nSPS) is 12.4. The van der Waals surface area contributed by atoms with Crippen LogP contribution in [0.15, 0.2) is 36.7 Å². The molecule has 0 saturated carbocycles. The van der Waals surface area contributed by atoms with Gasteiger partial charge in [0.2, 0.25) is 5.95 Å². The molecule has 102 valence electrons. The highest BCUT2D eigenvalue weighted by Crippen LogP contribution is 2.15. The molecule has 0 spiro atoms. The summed E-state index contributed by atoms with van der Waals surface area (Å²) in [5.41, 5.74) is 0.622. The minimum Gasteiger partial charge on any atom is -0.383 e. The number of imidazole rings is 1. The molecule has 1 heterocycles. The van der Waals surface area contributed by atoms with E-state index in [0.29, 0.717) is 24.7 Å². The monoisotopic (exact) mass is 263 g/mol. The Bertz CT molecular complexity index is 527. The smallest absolute Gasteiger partial charge is 0.203 e. The van der Waals surface area contributed by atoms with Crippen LogP contribution in [-0.4, -0.2) is 23.3 Å². The van der Waals surface area contributed by atoms with Crippen LogP contribution in [0.25, 0.3) is 0 Å².